The van der Waals surface area contributed by atoms with Gasteiger partial charge in [0.15, 0.2) is 0 Å². The Bertz CT molecular complexity index is 435. The Hall–Kier alpha value is -1.41. The van der Waals surface area contributed by atoms with Crippen LogP contribution in [0.4, 0.5) is 0 Å². The van der Waals surface area contributed by atoms with Gasteiger partial charge in [0.25, 0.3) is 0 Å². The Balaban J connectivity index is 2.39. The van der Waals surface area contributed by atoms with Gasteiger partial charge in [-0.2, -0.15) is 5.26 Å². The average molecular weight is 276 g/mol. The maximum Gasteiger partial charge on any atom is 0.0991 e. The van der Waals surface area contributed by atoms with Crippen LogP contribution in [0.5, 0.6) is 0 Å². The Kier molecular flexibility index (Phi) is 6.66. The highest BCUT2D eigenvalue weighted by molar-refractivity contribution is 5.32. The van der Waals surface area contributed by atoms with Gasteiger partial charge in [0.05, 0.1) is 17.7 Å². The van der Waals surface area contributed by atoms with Gasteiger partial charge < -0.3 is 15.5 Å². The van der Waals surface area contributed by atoms with Gasteiger partial charge >= 0.3 is 0 Å². The second-order valence-electron chi connectivity index (χ2n) is 5.87. The molecule has 1 unspecified atom stereocenters. The minimum Gasteiger partial charge on any atom is -0.396 e. The van der Waals surface area contributed by atoms with Gasteiger partial charge in [-0.25, -0.2) is 0 Å². The van der Waals surface area contributed by atoms with Crippen molar-refractivity contribution in [3.8, 4) is 6.07 Å². The minimum absolute atomic E-state index is 0.104. The predicted molar refractivity (Wildman–Crippen MR) is 79.1 cm³/mol. The molecule has 110 valence electrons. The third kappa shape index (κ3) is 5.70. The second-order valence-corrected chi connectivity index (χ2v) is 5.87. The number of nitrogens with one attached hydrogen (secondary N) is 1. The van der Waals surface area contributed by atoms with Gasteiger partial charge in [-0.05, 0) is 36.0 Å². The Labute approximate surface area is 121 Å². The van der Waals surface area contributed by atoms with Gasteiger partial charge in [0.2, 0.25) is 0 Å². The van der Waals surface area contributed by atoms with Crippen LogP contribution in [0.1, 0.15) is 43.9 Å². The molecule has 0 spiro atoms. The summed E-state index contributed by atoms with van der Waals surface area (Å²) in [5, 5.41) is 30.9. The van der Waals surface area contributed by atoms with Gasteiger partial charge in [-0.15, -0.1) is 0 Å². The lowest BCUT2D eigenvalue weighted by Gasteiger charge is -2.25. The lowest BCUT2D eigenvalue weighted by atomic mass is 9.88. The van der Waals surface area contributed by atoms with Crippen molar-refractivity contribution in [1.29, 1.82) is 5.26 Å². The number of aliphatic hydroxyl groups excluding tert-OH is 2. The number of benzene rings is 1. The Morgan fingerprint density at radius 2 is 1.95 bits per heavy atom. The van der Waals surface area contributed by atoms with Crippen molar-refractivity contribution in [1.82, 2.24) is 5.32 Å². The Morgan fingerprint density at radius 1 is 1.30 bits per heavy atom. The maximum absolute atomic E-state index is 10.1. The summed E-state index contributed by atoms with van der Waals surface area (Å²) in [4.78, 5) is 0. The molecule has 0 bridgehead atoms. The van der Waals surface area contributed by atoms with E-state index in [1.54, 1.807) is 24.3 Å². The molecule has 0 heterocycles. The fourth-order valence-corrected chi connectivity index (χ4v) is 2.09. The maximum atomic E-state index is 10.1. The summed E-state index contributed by atoms with van der Waals surface area (Å²) in [6.45, 7) is 5.78. The predicted octanol–water partition coefficient (Wildman–Crippen LogP) is 1.98. The molecule has 0 aliphatic carbocycles. The third-order valence-electron chi connectivity index (χ3n) is 3.38. The highest BCUT2D eigenvalue weighted by atomic mass is 16.3. The number of rotatable bonds is 8. The van der Waals surface area contributed by atoms with E-state index in [9.17, 15) is 5.11 Å². The van der Waals surface area contributed by atoms with Crippen molar-refractivity contribution in [2.24, 2.45) is 5.41 Å². The topological polar surface area (TPSA) is 76.3 Å². The molecule has 4 heteroatoms. The van der Waals surface area contributed by atoms with Crippen LogP contribution < -0.4 is 5.32 Å². The quantitative estimate of drug-likeness (QED) is 0.678. The summed E-state index contributed by atoms with van der Waals surface area (Å²) in [5.74, 6) is 0. The van der Waals surface area contributed by atoms with Gasteiger partial charge in [-0.3, -0.25) is 0 Å². The Morgan fingerprint density at radius 3 is 2.50 bits per heavy atom. The molecule has 1 aromatic carbocycles. The van der Waals surface area contributed by atoms with Crippen LogP contribution in [-0.2, 0) is 0 Å². The van der Waals surface area contributed by atoms with E-state index >= 15 is 0 Å². The zero-order valence-electron chi connectivity index (χ0n) is 12.3. The first-order valence-electron chi connectivity index (χ1n) is 6.98. The van der Waals surface area contributed by atoms with Crippen LogP contribution >= 0.6 is 0 Å². The smallest absolute Gasteiger partial charge is 0.0991 e. The summed E-state index contributed by atoms with van der Waals surface area (Å²) in [6.07, 6.45) is 1.17. The molecular formula is C16H24N2O2. The van der Waals surface area contributed by atoms with Crippen LogP contribution in [0.15, 0.2) is 24.3 Å². The van der Waals surface area contributed by atoms with E-state index in [1.807, 2.05) is 0 Å². The summed E-state index contributed by atoms with van der Waals surface area (Å²) in [6, 6.07) is 9.04. The number of nitrogens with zero attached hydrogens (tertiary/aromatic N) is 1. The van der Waals surface area contributed by atoms with Crippen molar-refractivity contribution < 1.29 is 10.2 Å². The van der Waals surface area contributed by atoms with E-state index in [2.05, 4.69) is 25.2 Å². The number of nitriles is 1. The molecule has 1 rings (SSSR count). The molecular weight excluding hydrogens is 252 g/mol. The first-order chi connectivity index (χ1) is 9.48. The molecule has 0 aliphatic heterocycles. The number of aliphatic hydroxyl groups is 2. The zero-order valence-corrected chi connectivity index (χ0v) is 12.3. The number of hydrogen-bond acceptors (Lipinski definition) is 4. The standard InChI is InChI=1S/C16H24N2O2/c1-16(2,8-3-9-19)12-18-11-15(20)14-6-4-13(10-17)5-7-14/h4-7,15,18-20H,3,8-9,11-12H2,1-2H3. The molecule has 0 aliphatic rings. The van der Waals surface area contributed by atoms with Gasteiger partial charge in [0, 0.05) is 19.7 Å². The van der Waals surface area contributed by atoms with E-state index in [1.165, 1.54) is 0 Å². The molecule has 0 amide bonds. The van der Waals surface area contributed by atoms with Crippen molar-refractivity contribution in [3.63, 3.8) is 0 Å². The zero-order chi connectivity index (χ0) is 15.0. The number of hydrogen-bond donors (Lipinski definition) is 3. The highest BCUT2D eigenvalue weighted by Crippen LogP contribution is 2.21. The molecule has 0 saturated carbocycles. The molecule has 1 atom stereocenters. The van der Waals surface area contributed by atoms with E-state index in [-0.39, 0.29) is 12.0 Å². The fraction of sp³-hybridized carbons (Fsp3) is 0.562. The van der Waals surface area contributed by atoms with Crippen LogP contribution in [0.3, 0.4) is 0 Å². The van der Waals surface area contributed by atoms with E-state index in [0.29, 0.717) is 12.1 Å². The summed E-state index contributed by atoms with van der Waals surface area (Å²) >= 11 is 0. The van der Waals surface area contributed by atoms with Crippen LogP contribution in [0, 0.1) is 16.7 Å². The van der Waals surface area contributed by atoms with E-state index < -0.39 is 6.10 Å². The monoisotopic (exact) mass is 276 g/mol. The van der Waals surface area contributed by atoms with Crippen molar-refractivity contribution >= 4 is 0 Å². The van der Waals surface area contributed by atoms with Crippen molar-refractivity contribution in [3.05, 3.63) is 35.4 Å². The molecule has 0 aromatic heterocycles. The minimum atomic E-state index is -0.573. The fourth-order valence-electron chi connectivity index (χ4n) is 2.09. The molecule has 0 fully saturated rings. The van der Waals surface area contributed by atoms with E-state index in [0.717, 1.165) is 24.9 Å². The molecule has 20 heavy (non-hydrogen) atoms. The highest BCUT2D eigenvalue weighted by Gasteiger charge is 2.17. The van der Waals surface area contributed by atoms with Crippen molar-refractivity contribution in [2.75, 3.05) is 19.7 Å². The first-order valence-corrected chi connectivity index (χ1v) is 6.98. The van der Waals surface area contributed by atoms with Crippen LogP contribution in [-0.4, -0.2) is 29.9 Å². The van der Waals surface area contributed by atoms with Crippen LogP contribution in [0.25, 0.3) is 0 Å². The average Bonchev–Trinajstić information content (AvgIpc) is 2.45. The van der Waals surface area contributed by atoms with Gasteiger partial charge in [-0.1, -0.05) is 26.0 Å². The molecule has 1 aromatic rings. The molecule has 0 saturated heterocycles. The second kappa shape index (κ2) is 8.01. The SMILES string of the molecule is CC(C)(CCCO)CNCC(O)c1ccc(C#N)cc1. The van der Waals surface area contributed by atoms with E-state index in [4.69, 9.17) is 10.4 Å². The molecule has 3 N–H and O–H groups in total. The summed E-state index contributed by atoms with van der Waals surface area (Å²) in [5.41, 5.74) is 1.51. The molecule has 4 nitrogen and oxygen atoms in total. The lowest BCUT2D eigenvalue weighted by Crippen LogP contribution is -2.32. The lowest BCUT2D eigenvalue weighted by molar-refractivity contribution is 0.165. The van der Waals surface area contributed by atoms with Crippen molar-refractivity contribution in [2.45, 2.75) is 32.8 Å². The first kappa shape index (κ1) is 16.6. The third-order valence-corrected chi connectivity index (χ3v) is 3.38. The van der Waals surface area contributed by atoms with Gasteiger partial charge in [0.1, 0.15) is 0 Å². The summed E-state index contributed by atoms with van der Waals surface area (Å²) in [7, 11) is 0. The van der Waals surface area contributed by atoms with Crippen LogP contribution in [0.2, 0.25) is 0 Å². The molecule has 0 radical (unpaired) electrons. The summed E-state index contributed by atoms with van der Waals surface area (Å²) < 4.78 is 0. The largest absolute Gasteiger partial charge is 0.396 e. The normalized spacial score (nSPS) is 12.9.